The highest BCUT2D eigenvalue weighted by atomic mass is 35.5. The number of para-hydroxylation sites is 2. The van der Waals surface area contributed by atoms with E-state index in [4.69, 9.17) is 16.3 Å². The zero-order valence-corrected chi connectivity index (χ0v) is 18.6. The molecule has 3 rings (SSSR count). The van der Waals surface area contributed by atoms with Gasteiger partial charge in [0.05, 0.1) is 17.8 Å². The van der Waals surface area contributed by atoms with Crippen molar-refractivity contribution in [1.29, 1.82) is 0 Å². The molecule has 9 heteroatoms. The van der Waals surface area contributed by atoms with E-state index in [1.807, 2.05) is 0 Å². The third kappa shape index (κ3) is 4.76. The molecule has 160 valence electrons. The number of carbonyl (C=O) groups excluding carboxylic acids is 1. The van der Waals surface area contributed by atoms with E-state index in [2.05, 4.69) is 29.1 Å². The van der Waals surface area contributed by atoms with E-state index in [9.17, 15) is 13.2 Å². The Morgan fingerprint density at radius 1 is 1.20 bits per heavy atom. The quantitative estimate of drug-likeness (QED) is 0.637. The zero-order chi connectivity index (χ0) is 21.9. The topological polar surface area (TPSA) is 96.9 Å². The van der Waals surface area contributed by atoms with E-state index in [1.165, 1.54) is 25.3 Å². The summed E-state index contributed by atoms with van der Waals surface area (Å²) in [6, 6.07) is 10.7. The van der Waals surface area contributed by atoms with Gasteiger partial charge >= 0.3 is 0 Å². The fourth-order valence-electron chi connectivity index (χ4n) is 3.35. The van der Waals surface area contributed by atoms with Crippen molar-refractivity contribution < 1.29 is 17.9 Å². The number of methoxy groups -OCH3 is 1. The third-order valence-electron chi connectivity index (χ3n) is 5.12. The van der Waals surface area contributed by atoms with Crippen LogP contribution in [-0.4, -0.2) is 27.1 Å². The molecule has 0 atom stereocenters. The molecule has 0 aliphatic heterocycles. The second-order valence-electron chi connectivity index (χ2n) is 7.69. The molecule has 0 radical (unpaired) electrons. The van der Waals surface area contributed by atoms with E-state index < -0.39 is 15.9 Å². The predicted molar refractivity (Wildman–Crippen MR) is 118 cm³/mol. The van der Waals surface area contributed by atoms with Gasteiger partial charge in [-0.25, -0.2) is 13.8 Å². The Morgan fingerprint density at radius 2 is 1.93 bits per heavy atom. The molecule has 0 bridgehead atoms. The standard InChI is InChI=1S/C21H24ClN3O4S/c1-21(2)12-6-9-19(21)23-24-20(26)14-10-11-15(22)18(13-14)30(27,28)25-16-7-4-5-8-17(16)29-3/h4-5,7-8,10-11,13,25H,6,9,12H2,1-3H3,(H,24,26)/b23-19-. The van der Waals surface area contributed by atoms with Crippen molar-refractivity contribution >= 4 is 38.9 Å². The van der Waals surface area contributed by atoms with Crippen LogP contribution in [0, 0.1) is 5.41 Å². The molecule has 1 fully saturated rings. The molecule has 30 heavy (non-hydrogen) atoms. The smallest absolute Gasteiger partial charge is 0.271 e. The van der Waals surface area contributed by atoms with Crippen molar-refractivity contribution in [3.05, 3.63) is 53.1 Å². The summed E-state index contributed by atoms with van der Waals surface area (Å²) < 4.78 is 33.4. The van der Waals surface area contributed by atoms with Crippen molar-refractivity contribution in [2.24, 2.45) is 10.5 Å². The Labute approximate surface area is 181 Å². The number of nitrogens with zero attached hydrogens (tertiary/aromatic N) is 1. The number of rotatable bonds is 6. The Bertz CT molecular complexity index is 1100. The Morgan fingerprint density at radius 3 is 2.60 bits per heavy atom. The SMILES string of the molecule is COc1ccccc1NS(=O)(=O)c1cc(C(=O)N/N=C2/CCCC2(C)C)ccc1Cl. The molecule has 0 aromatic heterocycles. The van der Waals surface area contributed by atoms with Crippen LogP contribution in [0.1, 0.15) is 43.5 Å². The summed E-state index contributed by atoms with van der Waals surface area (Å²) in [4.78, 5) is 12.4. The lowest BCUT2D eigenvalue weighted by Gasteiger charge is -2.17. The molecular formula is C21H24ClN3O4S. The molecular weight excluding hydrogens is 426 g/mol. The number of benzene rings is 2. The van der Waals surface area contributed by atoms with Gasteiger partial charge in [0.25, 0.3) is 15.9 Å². The van der Waals surface area contributed by atoms with Crippen molar-refractivity contribution in [1.82, 2.24) is 5.43 Å². The molecule has 0 saturated heterocycles. The number of ether oxygens (including phenoxy) is 1. The van der Waals surface area contributed by atoms with Crippen LogP contribution in [0.15, 0.2) is 52.5 Å². The van der Waals surface area contributed by atoms with Crippen LogP contribution >= 0.6 is 11.6 Å². The molecule has 1 amide bonds. The Hall–Kier alpha value is -2.58. The first-order valence-corrected chi connectivity index (χ1v) is 11.3. The fourth-order valence-corrected chi connectivity index (χ4v) is 4.95. The minimum absolute atomic E-state index is 0.00260. The van der Waals surface area contributed by atoms with Crippen LogP contribution in [0.4, 0.5) is 5.69 Å². The first-order chi connectivity index (χ1) is 14.1. The lowest BCUT2D eigenvalue weighted by atomic mass is 9.90. The van der Waals surface area contributed by atoms with Crippen molar-refractivity contribution in [2.75, 3.05) is 11.8 Å². The van der Waals surface area contributed by atoms with Crippen LogP contribution in [0.5, 0.6) is 5.75 Å². The van der Waals surface area contributed by atoms with Crippen LogP contribution in [0.25, 0.3) is 0 Å². The molecule has 2 aromatic rings. The molecule has 0 spiro atoms. The van der Waals surface area contributed by atoms with Gasteiger partial charge < -0.3 is 4.74 Å². The highest BCUT2D eigenvalue weighted by Gasteiger charge is 2.30. The summed E-state index contributed by atoms with van der Waals surface area (Å²) in [5, 5.41) is 4.26. The largest absolute Gasteiger partial charge is 0.495 e. The summed E-state index contributed by atoms with van der Waals surface area (Å²) in [6.45, 7) is 4.17. The van der Waals surface area contributed by atoms with Gasteiger partial charge in [0.2, 0.25) is 0 Å². The molecule has 1 saturated carbocycles. The van der Waals surface area contributed by atoms with Gasteiger partial charge in [-0.1, -0.05) is 37.6 Å². The van der Waals surface area contributed by atoms with E-state index in [0.29, 0.717) is 5.75 Å². The van der Waals surface area contributed by atoms with Crippen LogP contribution in [0.3, 0.4) is 0 Å². The number of hydrazone groups is 1. The number of anilines is 1. The summed E-state index contributed by atoms with van der Waals surface area (Å²) in [7, 11) is -2.62. The number of hydrogen-bond donors (Lipinski definition) is 2. The Balaban J connectivity index is 1.85. The predicted octanol–water partition coefficient (Wildman–Crippen LogP) is 4.45. The molecule has 1 aliphatic carbocycles. The van der Waals surface area contributed by atoms with Gasteiger partial charge in [0.15, 0.2) is 0 Å². The summed E-state index contributed by atoms with van der Waals surface area (Å²) in [5.41, 5.74) is 3.81. The highest BCUT2D eigenvalue weighted by Crippen LogP contribution is 2.34. The van der Waals surface area contributed by atoms with E-state index >= 15 is 0 Å². The van der Waals surface area contributed by atoms with E-state index in [-0.39, 0.29) is 26.6 Å². The number of amides is 1. The van der Waals surface area contributed by atoms with Crippen molar-refractivity contribution in [3.63, 3.8) is 0 Å². The monoisotopic (exact) mass is 449 g/mol. The molecule has 1 aliphatic rings. The minimum Gasteiger partial charge on any atom is -0.495 e. The second kappa shape index (κ2) is 8.65. The van der Waals surface area contributed by atoms with Crippen molar-refractivity contribution in [2.45, 2.75) is 38.0 Å². The lowest BCUT2D eigenvalue weighted by Crippen LogP contribution is -2.25. The number of hydrogen-bond acceptors (Lipinski definition) is 5. The van der Waals surface area contributed by atoms with Crippen LogP contribution in [0.2, 0.25) is 5.02 Å². The average molecular weight is 450 g/mol. The van der Waals surface area contributed by atoms with Gasteiger partial charge in [0, 0.05) is 16.7 Å². The third-order valence-corrected chi connectivity index (χ3v) is 6.97. The van der Waals surface area contributed by atoms with Crippen LogP contribution < -0.4 is 14.9 Å². The first-order valence-electron chi connectivity index (χ1n) is 9.47. The maximum atomic E-state index is 12.9. The normalized spacial score (nSPS) is 17.0. The van der Waals surface area contributed by atoms with Crippen molar-refractivity contribution in [3.8, 4) is 5.75 Å². The average Bonchev–Trinajstić information content (AvgIpc) is 3.04. The zero-order valence-electron chi connectivity index (χ0n) is 17.0. The Kier molecular flexibility index (Phi) is 6.38. The summed E-state index contributed by atoms with van der Waals surface area (Å²) in [6.07, 6.45) is 2.87. The van der Waals surface area contributed by atoms with Crippen LogP contribution in [-0.2, 0) is 10.0 Å². The molecule has 0 unspecified atom stereocenters. The maximum absolute atomic E-state index is 12.9. The lowest BCUT2D eigenvalue weighted by molar-refractivity contribution is 0.0954. The number of nitrogens with one attached hydrogen (secondary N) is 2. The molecule has 2 aromatic carbocycles. The maximum Gasteiger partial charge on any atom is 0.271 e. The van der Waals surface area contributed by atoms with Gasteiger partial charge in [-0.2, -0.15) is 5.10 Å². The van der Waals surface area contributed by atoms with Gasteiger partial charge in [-0.15, -0.1) is 0 Å². The fraction of sp³-hybridized carbons (Fsp3) is 0.333. The van der Waals surface area contributed by atoms with Gasteiger partial charge in [-0.05, 0) is 49.6 Å². The molecule has 2 N–H and O–H groups in total. The first kappa shape index (κ1) is 22.1. The van der Waals surface area contributed by atoms with E-state index in [1.54, 1.807) is 24.3 Å². The number of carbonyl (C=O) groups is 1. The number of halogens is 1. The van der Waals surface area contributed by atoms with E-state index in [0.717, 1.165) is 25.0 Å². The van der Waals surface area contributed by atoms with Gasteiger partial charge in [-0.3, -0.25) is 9.52 Å². The highest BCUT2D eigenvalue weighted by molar-refractivity contribution is 7.92. The minimum atomic E-state index is -4.06. The number of sulfonamides is 1. The van der Waals surface area contributed by atoms with Gasteiger partial charge in [0.1, 0.15) is 10.6 Å². The molecule has 7 nitrogen and oxygen atoms in total. The summed E-state index contributed by atoms with van der Waals surface area (Å²) in [5.74, 6) is -0.142. The second-order valence-corrected chi connectivity index (χ2v) is 9.75. The summed E-state index contributed by atoms with van der Waals surface area (Å²) >= 11 is 6.13. The molecule has 0 heterocycles.